The van der Waals surface area contributed by atoms with Crippen LogP contribution in [-0.2, 0) is 0 Å². The summed E-state index contributed by atoms with van der Waals surface area (Å²) in [6.07, 6.45) is 2.36. The summed E-state index contributed by atoms with van der Waals surface area (Å²) in [4.78, 5) is 4.70. The third-order valence-electron chi connectivity index (χ3n) is 7.40. The van der Waals surface area contributed by atoms with Crippen LogP contribution in [0.25, 0.3) is 0 Å². The molecule has 2 aliphatic rings. The molecule has 4 nitrogen and oxygen atoms in total. The molecule has 2 fully saturated rings. The summed E-state index contributed by atoms with van der Waals surface area (Å²) in [5, 5.41) is 23.6. The van der Waals surface area contributed by atoms with Gasteiger partial charge in [0.25, 0.3) is 0 Å². The zero-order valence-electron chi connectivity index (χ0n) is 17.6. The fourth-order valence-electron chi connectivity index (χ4n) is 5.76. The van der Waals surface area contributed by atoms with Crippen LogP contribution in [0, 0.1) is 0 Å². The van der Waals surface area contributed by atoms with Crippen LogP contribution in [0.3, 0.4) is 0 Å². The van der Waals surface area contributed by atoms with E-state index in [1.54, 1.807) is 0 Å². The molecule has 0 bridgehead atoms. The second kappa shape index (κ2) is 5.18. The average Bonchev–Trinajstić information content (AvgIpc) is 2.31. The molecule has 0 spiro atoms. The van der Waals surface area contributed by atoms with E-state index in [4.69, 9.17) is 0 Å². The normalized spacial score (nSPS) is 34.0. The lowest BCUT2D eigenvalue weighted by molar-refractivity contribution is -0.257. The molecule has 2 saturated heterocycles. The molecule has 2 rings (SSSR count). The van der Waals surface area contributed by atoms with E-state index in [9.17, 15) is 10.2 Å². The predicted molar refractivity (Wildman–Crippen MR) is 100 cm³/mol. The fraction of sp³-hybridized carbons (Fsp3) is 1.00. The van der Waals surface area contributed by atoms with Gasteiger partial charge in [0.2, 0.25) is 0 Å². The minimum Gasteiger partial charge on any atom is -0.387 e. The highest BCUT2D eigenvalue weighted by Gasteiger charge is 2.63. The van der Waals surface area contributed by atoms with Crippen LogP contribution in [0.5, 0.6) is 0 Å². The van der Waals surface area contributed by atoms with Crippen molar-refractivity contribution in [3.8, 4) is 0 Å². The number of hydrogen-bond acceptors (Lipinski definition) is 4. The number of piperidine rings is 2. The maximum Gasteiger partial charge on any atom is 0.0969 e. The van der Waals surface area contributed by atoms with Gasteiger partial charge in [-0.3, -0.25) is 9.80 Å². The number of hydrogen-bond donors (Lipinski definition) is 2. The standard InChI is InChI=1S/C20H40N2O2/c1-15(2)11-19(23,12-16(3,4)21(15)9)20(24)13-17(5,6)22(10)18(7,8)14-20/h23-24H,11-14H2,1-10H3. The minimum atomic E-state index is -1.08. The van der Waals surface area contributed by atoms with Crippen LogP contribution in [-0.4, -0.2) is 67.5 Å². The lowest BCUT2D eigenvalue weighted by Gasteiger charge is -2.65. The zero-order chi connectivity index (χ0) is 19.0. The maximum absolute atomic E-state index is 11.8. The Morgan fingerprint density at radius 2 is 0.667 bits per heavy atom. The van der Waals surface area contributed by atoms with Crippen molar-refractivity contribution in [2.24, 2.45) is 0 Å². The van der Waals surface area contributed by atoms with Gasteiger partial charge in [-0.05, 0) is 95.2 Å². The summed E-state index contributed by atoms with van der Waals surface area (Å²) in [6.45, 7) is 17.4. The van der Waals surface area contributed by atoms with Crippen LogP contribution < -0.4 is 0 Å². The SMILES string of the molecule is CN1C(C)(C)CC(O)(C2(O)CC(C)(C)N(C)C(C)(C)C2)CC1(C)C. The summed E-state index contributed by atoms with van der Waals surface area (Å²) >= 11 is 0. The Hall–Kier alpha value is -0.160. The van der Waals surface area contributed by atoms with E-state index >= 15 is 0 Å². The van der Waals surface area contributed by atoms with Crippen molar-refractivity contribution < 1.29 is 10.2 Å². The van der Waals surface area contributed by atoms with Crippen LogP contribution in [0.1, 0.15) is 81.1 Å². The molecule has 24 heavy (non-hydrogen) atoms. The maximum atomic E-state index is 11.8. The quantitative estimate of drug-likeness (QED) is 0.770. The zero-order valence-corrected chi connectivity index (χ0v) is 17.6. The lowest BCUT2D eigenvalue weighted by Crippen LogP contribution is -2.75. The van der Waals surface area contributed by atoms with E-state index in [1.165, 1.54) is 0 Å². The fourth-order valence-corrected chi connectivity index (χ4v) is 5.76. The predicted octanol–water partition coefficient (Wildman–Crippen LogP) is 3.01. The topological polar surface area (TPSA) is 46.9 Å². The molecule has 2 heterocycles. The van der Waals surface area contributed by atoms with E-state index in [0.29, 0.717) is 25.7 Å². The van der Waals surface area contributed by atoms with Crippen LogP contribution >= 0.6 is 0 Å². The molecule has 4 heteroatoms. The molecule has 0 aromatic rings. The highest BCUT2D eigenvalue weighted by Crippen LogP contribution is 2.54. The van der Waals surface area contributed by atoms with Gasteiger partial charge in [0.1, 0.15) is 0 Å². The molecule has 142 valence electrons. The molecule has 0 unspecified atom stereocenters. The number of rotatable bonds is 1. The first-order chi connectivity index (χ1) is 10.4. The van der Waals surface area contributed by atoms with Crippen molar-refractivity contribution in [3.63, 3.8) is 0 Å². The van der Waals surface area contributed by atoms with E-state index in [0.717, 1.165) is 0 Å². The molecule has 0 aliphatic carbocycles. The first-order valence-corrected chi connectivity index (χ1v) is 9.31. The second-order valence-corrected chi connectivity index (χ2v) is 11.1. The molecule has 0 aromatic carbocycles. The Balaban J connectivity index is 2.48. The van der Waals surface area contributed by atoms with Gasteiger partial charge in [-0.25, -0.2) is 0 Å². The highest BCUT2D eigenvalue weighted by atomic mass is 16.4. The van der Waals surface area contributed by atoms with Crippen LogP contribution in [0.2, 0.25) is 0 Å². The smallest absolute Gasteiger partial charge is 0.0969 e. The first-order valence-electron chi connectivity index (χ1n) is 9.31. The monoisotopic (exact) mass is 340 g/mol. The van der Waals surface area contributed by atoms with Gasteiger partial charge in [0, 0.05) is 22.2 Å². The van der Waals surface area contributed by atoms with Crippen molar-refractivity contribution in [1.82, 2.24) is 9.80 Å². The molecular formula is C20H40N2O2. The average molecular weight is 341 g/mol. The van der Waals surface area contributed by atoms with Gasteiger partial charge >= 0.3 is 0 Å². The second-order valence-electron chi connectivity index (χ2n) is 11.1. The Morgan fingerprint density at radius 3 is 0.833 bits per heavy atom. The Bertz CT molecular complexity index is 426. The Kier molecular flexibility index (Phi) is 4.35. The molecule has 0 saturated carbocycles. The lowest BCUT2D eigenvalue weighted by atomic mass is 9.57. The van der Waals surface area contributed by atoms with Crippen LogP contribution in [0.4, 0.5) is 0 Å². The largest absolute Gasteiger partial charge is 0.387 e. The summed E-state index contributed by atoms with van der Waals surface area (Å²) in [5.41, 5.74) is -2.81. The van der Waals surface area contributed by atoms with Gasteiger partial charge in [0.05, 0.1) is 11.2 Å². The van der Waals surface area contributed by atoms with Crippen molar-refractivity contribution in [2.45, 2.75) is 114 Å². The van der Waals surface area contributed by atoms with Gasteiger partial charge < -0.3 is 10.2 Å². The van der Waals surface area contributed by atoms with E-state index in [-0.39, 0.29) is 22.2 Å². The van der Waals surface area contributed by atoms with Crippen molar-refractivity contribution in [2.75, 3.05) is 14.1 Å². The third kappa shape index (κ3) is 2.94. The van der Waals surface area contributed by atoms with Crippen molar-refractivity contribution in [1.29, 1.82) is 0 Å². The number of aliphatic hydroxyl groups is 2. The highest BCUT2D eigenvalue weighted by molar-refractivity contribution is 5.18. The Labute approximate surface area is 149 Å². The molecule has 2 N–H and O–H groups in total. The van der Waals surface area contributed by atoms with E-state index in [2.05, 4.69) is 79.3 Å². The first kappa shape index (κ1) is 20.2. The van der Waals surface area contributed by atoms with E-state index in [1.807, 2.05) is 0 Å². The van der Waals surface area contributed by atoms with E-state index < -0.39 is 11.2 Å². The summed E-state index contributed by atoms with van der Waals surface area (Å²) < 4.78 is 0. The van der Waals surface area contributed by atoms with Crippen LogP contribution in [0.15, 0.2) is 0 Å². The molecule has 0 radical (unpaired) electrons. The summed E-state index contributed by atoms with van der Waals surface area (Å²) in [5.74, 6) is 0. The molecule has 0 aromatic heterocycles. The summed E-state index contributed by atoms with van der Waals surface area (Å²) in [6, 6.07) is 0. The number of likely N-dealkylation sites (tertiary alicyclic amines) is 2. The van der Waals surface area contributed by atoms with Gasteiger partial charge in [-0.15, -0.1) is 0 Å². The number of nitrogens with zero attached hydrogens (tertiary/aromatic N) is 2. The van der Waals surface area contributed by atoms with Gasteiger partial charge in [0.15, 0.2) is 0 Å². The third-order valence-corrected chi connectivity index (χ3v) is 7.40. The van der Waals surface area contributed by atoms with Gasteiger partial charge in [-0.2, -0.15) is 0 Å². The molecule has 0 amide bonds. The molecule has 0 atom stereocenters. The Morgan fingerprint density at radius 1 is 0.500 bits per heavy atom. The molecule has 2 aliphatic heterocycles. The minimum absolute atomic E-state index is 0.163. The van der Waals surface area contributed by atoms with Crippen molar-refractivity contribution >= 4 is 0 Å². The van der Waals surface area contributed by atoms with Gasteiger partial charge in [-0.1, -0.05) is 0 Å². The summed E-state index contributed by atoms with van der Waals surface area (Å²) in [7, 11) is 4.26. The van der Waals surface area contributed by atoms with Crippen molar-refractivity contribution in [3.05, 3.63) is 0 Å². The molecular weight excluding hydrogens is 300 g/mol.